The van der Waals surface area contributed by atoms with E-state index in [1.807, 2.05) is 0 Å². The SMILES string of the molecule is FCCC=COS. The topological polar surface area (TPSA) is 9.23 Å². The molecule has 0 fully saturated rings. The lowest BCUT2D eigenvalue weighted by Crippen LogP contribution is -1.66. The Hall–Kier alpha value is -0.180. The molecule has 0 aromatic heterocycles. The van der Waals surface area contributed by atoms with Crippen molar-refractivity contribution in [2.45, 2.75) is 6.42 Å². The second-order valence-electron chi connectivity index (χ2n) is 0.955. The van der Waals surface area contributed by atoms with E-state index < -0.39 is 0 Å². The van der Waals surface area contributed by atoms with Crippen molar-refractivity contribution in [1.29, 1.82) is 0 Å². The Labute approximate surface area is 47.8 Å². The molecular formula is C4H7FOS. The zero-order chi connectivity index (χ0) is 5.54. The van der Waals surface area contributed by atoms with Crippen LogP contribution < -0.4 is 0 Å². The Bertz CT molecular complexity index is 55.7. The normalized spacial score (nSPS) is 10.0. The molecule has 1 nitrogen and oxygen atoms in total. The maximum absolute atomic E-state index is 11.2. The minimum absolute atomic E-state index is 0.340. The van der Waals surface area contributed by atoms with Gasteiger partial charge in [-0.2, -0.15) is 0 Å². The second-order valence-corrected chi connectivity index (χ2v) is 1.17. The summed E-state index contributed by atoms with van der Waals surface area (Å²) < 4.78 is 15.4. The van der Waals surface area contributed by atoms with Gasteiger partial charge in [0.1, 0.15) is 0 Å². The van der Waals surface area contributed by atoms with Crippen LogP contribution in [0.1, 0.15) is 6.42 Å². The van der Waals surface area contributed by atoms with Gasteiger partial charge in [-0.25, -0.2) is 0 Å². The van der Waals surface area contributed by atoms with E-state index in [9.17, 15) is 4.39 Å². The Morgan fingerprint density at radius 2 is 2.43 bits per heavy atom. The van der Waals surface area contributed by atoms with Crippen LogP contribution in [0.5, 0.6) is 0 Å². The van der Waals surface area contributed by atoms with E-state index in [0.717, 1.165) is 0 Å². The predicted molar refractivity (Wildman–Crippen MR) is 29.8 cm³/mol. The van der Waals surface area contributed by atoms with Crippen molar-refractivity contribution in [2.24, 2.45) is 0 Å². The van der Waals surface area contributed by atoms with Gasteiger partial charge in [0.2, 0.25) is 0 Å². The quantitative estimate of drug-likeness (QED) is 0.340. The van der Waals surface area contributed by atoms with E-state index in [4.69, 9.17) is 0 Å². The summed E-state index contributed by atoms with van der Waals surface area (Å²) in [6.07, 6.45) is 3.30. The first-order chi connectivity index (χ1) is 3.41. The average Bonchev–Trinajstić information content (AvgIpc) is 1.69. The van der Waals surface area contributed by atoms with Crippen LogP contribution in [-0.4, -0.2) is 6.67 Å². The van der Waals surface area contributed by atoms with Crippen molar-refractivity contribution in [3.8, 4) is 0 Å². The number of alkyl halides is 1. The van der Waals surface area contributed by atoms with E-state index >= 15 is 0 Å². The fourth-order valence-electron chi connectivity index (χ4n) is 0.174. The van der Waals surface area contributed by atoms with Crippen molar-refractivity contribution in [2.75, 3.05) is 6.67 Å². The van der Waals surface area contributed by atoms with Crippen molar-refractivity contribution >= 4 is 12.9 Å². The first kappa shape index (κ1) is 6.82. The van der Waals surface area contributed by atoms with Gasteiger partial charge in [0.15, 0.2) is 0 Å². The minimum Gasteiger partial charge on any atom is -0.437 e. The highest BCUT2D eigenvalue weighted by atomic mass is 32.1. The Balaban J connectivity index is 2.78. The molecule has 0 spiro atoms. The molecule has 0 rings (SSSR count). The van der Waals surface area contributed by atoms with Crippen LogP contribution in [0.3, 0.4) is 0 Å². The van der Waals surface area contributed by atoms with Crippen molar-refractivity contribution in [1.82, 2.24) is 0 Å². The lowest BCUT2D eigenvalue weighted by molar-refractivity contribution is 0.495. The molecule has 42 valence electrons. The number of allylic oxidation sites excluding steroid dienone is 1. The van der Waals surface area contributed by atoms with Gasteiger partial charge in [-0.3, -0.25) is 4.39 Å². The summed E-state index contributed by atoms with van der Waals surface area (Å²) in [6, 6.07) is 0. The third-order valence-electron chi connectivity index (χ3n) is 0.433. The summed E-state index contributed by atoms with van der Waals surface area (Å²) in [5.41, 5.74) is 0. The van der Waals surface area contributed by atoms with Gasteiger partial charge in [-0.15, -0.1) is 0 Å². The van der Waals surface area contributed by atoms with Crippen LogP contribution in [0.25, 0.3) is 0 Å². The van der Waals surface area contributed by atoms with E-state index in [0.29, 0.717) is 6.42 Å². The average molecular weight is 122 g/mol. The Kier molecular flexibility index (Phi) is 5.67. The summed E-state index contributed by atoms with van der Waals surface area (Å²) in [5, 5.41) is 0. The van der Waals surface area contributed by atoms with Crippen molar-refractivity contribution in [3.05, 3.63) is 12.3 Å². The molecule has 3 heteroatoms. The van der Waals surface area contributed by atoms with Crippen molar-refractivity contribution < 1.29 is 8.57 Å². The molecule has 0 bridgehead atoms. The molecule has 0 radical (unpaired) electrons. The molecule has 0 aliphatic carbocycles. The zero-order valence-corrected chi connectivity index (χ0v) is 4.70. The molecule has 0 aromatic rings. The van der Waals surface area contributed by atoms with Gasteiger partial charge < -0.3 is 4.18 Å². The van der Waals surface area contributed by atoms with Gasteiger partial charge >= 0.3 is 0 Å². The summed E-state index contributed by atoms with van der Waals surface area (Å²) in [7, 11) is 0. The summed E-state index contributed by atoms with van der Waals surface area (Å²) in [6.45, 7) is -0.340. The van der Waals surface area contributed by atoms with Gasteiger partial charge in [0.25, 0.3) is 0 Å². The number of hydrogen-bond acceptors (Lipinski definition) is 2. The molecule has 0 amide bonds. The zero-order valence-electron chi connectivity index (χ0n) is 3.80. The molecule has 0 aliphatic heterocycles. The molecule has 0 unspecified atom stereocenters. The fourth-order valence-corrected chi connectivity index (χ4v) is 0.260. The van der Waals surface area contributed by atoms with Crippen LogP contribution in [0, 0.1) is 0 Å². The molecule has 0 saturated heterocycles. The first-order valence-electron chi connectivity index (χ1n) is 1.93. The number of halogens is 1. The van der Waals surface area contributed by atoms with Gasteiger partial charge in [-0.1, -0.05) is 0 Å². The number of rotatable bonds is 3. The first-order valence-corrected chi connectivity index (χ1v) is 2.29. The van der Waals surface area contributed by atoms with Gasteiger partial charge in [0, 0.05) is 12.9 Å². The summed E-state index contributed by atoms with van der Waals surface area (Å²) >= 11 is 3.38. The molecular weight excluding hydrogens is 115 g/mol. The van der Waals surface area contributed by atoms with E-state index in [-0.39, 0.29) is 6.67 Å². The maximum atomic E-state index is 11.2. The molecule has 7 heavy (non-hydrogen) atoms. The molecule has 0 aromatic carbocycles. The molecule has 0 heterocycles. The summed E-state index contributed by atoms with van der Waals surface area (Å²) in [4.78, 5) is 0. The maximum Gasteiger partial charge on any atom is 0.0967 e. The molecule has 0 aliphatic rings. The molecule has 0 N–H and O–H groups in total. The molecule has 0 saturated carbocycles. The Morgan fingerprint density at radius 1 is 1.71 bits per heavy atom. The molecule has 0 atom stereocenters. The van der Waals surface area contributed by atoms with Crippen LogP contribution in [-0.2, 0) is 4.18 Å². The van der Waals surface area contributed by atoms with Crippen LogP contribution in [0.15, 0.2) is 12.3 Å². The number of thiol groups is 1. The standard InChI is InChI=1S/C4H7FOS/c5-3-1-2-4-6-7/h2,4,7H,1,3H2. The van der Waals surface area contributed by atoms with Crippen LogP contribution >= 0.6 is 12.9 Å². The lowest BCUT2D eigenvalue weighted by atomic mass is 10.5. The lowest BCUT2D eigenvalue weighted by Gasteiger charge is -1.80. The monoisotopic (exact) mass is 122 g/mol. The van der Waals surface area contributed by atoms with Crippen molar-refractivity contribution in [3.63, 3.8) is 0 Å². The highest BCUT2D eigenvalue weighted by Gasteiger charge is 1.71. The summed E-state index contributed by atoms with van der Waals surface area (Å²) in [5.74, 6) is 0. The smallest absolute Gasteiger partial charge is 0.0967 e. The van der Waals surface area contributed by atoms with E-state index in [1.165, 1.54) is 6.26 Å². The fraction of sp³-hybridized carbons (Fsp3) is 0.500. The third kappa shape index (κ3) is 5.82. The highest BCUT2D eigenvalue weighted by Crippen LogP contribution is 1.85. The predicted octanol–water partition coefficient (Wildman–Crippen LogP) is 1.72. The highest BCUT2D eigenvalue weighted by molar-refractivity contribution is 7.75. The number of hydrogen-bond donors (Lipinski definition) is 1. The van der Waals surface area contributed by atoms with Gasteiger partial charge in [0.05, 0.1) is 12.9 Å². The minimum atomic E-state index is -0.340. The van der Waals surface area contributed by atoms with Gasteiger partial charge in [-0.05, 0) is 12.5 Å². The Morgan fingerprint density at radius 3 is 2.86 bits per heavy atom. The third-order valence-corrected chi connectivity index (χ3v) is 0.555. The van der Waals surface area contributed by atoms with E-state index in [1.54, 1.807) is 6.08 Å². The second kappa shape index (κ2) is 5.82. The van der Waals surface area contributed by atoms with Crippen LogP contribution in [0.2, 0.25) is 0 Å². The van der Waals surface area contributed by atoms with E-state index in [2.05, 4.69) is 17.1 Å². The largest absolute Gasteiger partial charge is 0.437 e. The van der Waals surface area contributed by atoms with Crippen LogP contribution in [0.4, 0.5) is 4.39 Å².